The van der Waals surface area contributed by atoms with Crippen LogP contribution >= 0.6 is 45.3 Å². The van der Waals surface area contributed by atoms with Gasteiger partial charge < -0.3 is 0 Å². The molecule has 0 fully saturated rings. The molecule has 0 spiro atoms. The Hall–Kier alpha value is 0.130. The van der Waals surface area contributed by atoms with Gasteiger partial charge >= 0.3 is 0 Å². The first-order valence-electron chi connectivity index (χ1n) is 3.48. The Kier molecular flexibility index (Phi) is 4.87. The Morgan fingerprint density at radius 3 is 1.92 bits per heavy atom. The zero-order valence-electron chi connectivity index (χ0n) is 6.66. The van der Waals surface area contributed by atoms with Crippen molar-refractivity contribution in [2.75, 3.05) is 0 Å². The SMILES string of the molecule is Cc1cccs1.Ic1cccs1. The molecule has 12 heavy (non-hydrogen) atoms. The van der Waals surface area contributed by atoms with Gasteiger partial charge in [0.25, 0.3) is 0 Å². The van der Waals surface area contributed by atoms with Crippen LogP contribution in [0, 0.1) is 9.81 Å². The zero-order valence-corrected chi connectivity index (χ0v) is 10.4. The number of hydrogen-bond acceptors (Lipinski definition) is 2. The summed E-state index contributed by atoms with van der Waals surface area (Å²) in [5.41, 5.74) is 0. The summed E-state index contributed by atoms with van der Waals surface area (Å²) in [5, 5.41) is 4.15. The van der Waals surface area contributed by atoms with E-state index in [4.69, 9.17) is 0 Å². The predicted molar refractivity (Wildman–Crippen MR) is 66.1 cm³/mol. The maximum absolute atomic E-state index is 2.29. The zero-order chi connectivity index (χ0) is 8.81. The fourth-order valence-corrected chi connectivity index (χ4v) is 2.24. The van der Waals surface area contributed by atoms with Crippen LogP contribution in [0.15, 0.2) is 35.0 Å². The molecule has 0 nitrogen and oxygen atoms in total. The Morgan fingerprint density at radius 1 is 1.08 bits per heavy atom. The van der Waals surface area contributed by atoms with E-state index in [9.17, 15) is 0 Å². The number of halogens is 1. The number of thiophene rings is 2. The van der Waals surface area contributed by atoms with E-state index in [0.29, 0.717) is 0 Å². The van der Waals surface area contributed by atoms with Crippen LogP contribution in [0.25, 0.3) is 0 Å². The molecular formula is C9H9IS2. The van der Waals surface area contributed by atoms with E-state index >= 15 is 0 Å². The highest BCUT2D eigenvalue weighted by Gasteiger charge is 1.77. The van der Waals surface area contributed by atoms with E-state index in [1.54, 1.807) is 22.7 Å². The average Bonchev–Trinajstić information content (AvgIpc) is 2.63. The highest BCUT2D eigenvalue weighted by atomic mass is 127. The fraction of sp³-hybridized carbons (Fsp3) is 0.111. The lowest BCUT2D eigenvalue weighted by molar-refractivity contribution is 1.64. The van der Waals surface area contributed by atoms with Gasteiger partial charge in [-0.05, 0) is 52.4 Å². The molecule has 0 saturated carbocycles. The number of rotatable bonds is 0. The molecule has 0 unspecified atom stereocenters. The number of aryl methyl sites for hydroxylation is 1. The molecule has 0 N–H and O–H groups in total. The van der Waals surface area contributed by atoms with Crippen LogP contribution in [-0.2, 0) is 0 Å². The lowest BCUT2D eigenvalue weighted by Crippen LogP contribution is -1.42. The first-order valence-corrected chi connectivity index (χ1v) is 6.32. The Morgan fingerprint density at radius 2 is 1.75 bits per heavy atom. The largest absolute Gasteiger partial charge is 0.149 e. The van der Waals surface area contributed by atoms with Crippen molar-refractivity contribution in [2.24, 2.45) is 0 Å². The van der Waals surface area contributed by atoms with Crippen LogP contribution in [0.3, 0.4) is 0 Å². The van der Waals surface area contributed by atoms with Crippen LogP contribution in [0.1, 0.15) is 4.88 Å². The van der Waals surface area contributed by atoms with Crippen molar-refractivity contribution in [1.29, 1.82) is 0 Å². The molecule has 0 aliphatic rings. The van der Waals surface area contributed by atoms with Crippen molar-refractivity contribution in [2.45, 2.75) is 6.92 Å². The van der Waals surface area contributed by atoms with E-state index in [0.717, 1.165) is 0 Å². The van der Waals surface area contributed by atoms with Gasteiger partial charge in [-0.15, -0.1) is 22.7 Å². The molecule has 2 heterocycles. The summed E-state index contributed by atoms with van der Waals surface area (Å²) >= 11 is 5.84. The lowest BCUT2D eigenvalue weighted by atomic mass is 10.5. The summed E-state index contributed by atoms with van der Waals surface area (Å²) in [6.45, 7) is 2.10. The Balaban J connectivity index is 0.000000120. The van der Waals surface area contributed by atoms with Crippen LogP contribution in [0.2, 0.25) is 0 Å². The van der Waals surface area contributed by atoms with Crippen molar-refractivity contribution in [1.82, 2.24) is 0 Å². The van der Waals surface area contributed by atoms with Crippen molar-refractivity contribution in [3.8, 4) is 0 Å². The predicted octanol–water partition coefficient (Wildman–Crippen LogP) is 4.41. The molecule has 2 aromatic rings. The second-order valence-corrected chi connectivity index (χ2v) is 6.13. The van der Waals surface area contributed by atoms with Crippen LogP contribution in [0.5, 0.6) is 0 Å². The summed E-state index contributed by atoms with van der Waals surface area (Å²) in [7, 11) is 0. The lowest BCUT2D eigenvalue weighted by Gasteiger charge is -1.65. The molecule has 0 atom stereocenters. The van der Waals surface area contributed by atoms with E-state index < -0.39 is 0 Å². The van der Waals surface area contributed by atoms with Gasteiger partial charge in [-0.3, -0.25) is 0 Å². The fourth-order valence-electron chi connectivity index (χ4n) is 0.619. The summed E-state index contributed by atoms with van der Waals surface area (Å²) in [5.74, 6) is 0. The highest BCUT2D eigenvalue weighted by molar-refractivity contribution is 14.1. The third-order valence-electron chi connectivity index (χ3n) is 1.15. The topological polar surface area (TPSA) is 0 Å². The Labute approximate surface area is 94.4 Å². The summed E-state index contributed by atoms with van der Waals surface area (Å²) in [6, 6.07) is 8.29. The van der Waals surface area contributed by atoms with Crippen LogP contribution < -0.4 is 0 Å². The first kappa shape index (κ1) is 10.2. The Bertz CT molecular complexity index is 252. The third-order valence-corrected chi connectivity index (χ3v) is 3.73. The van der Waals surface area contributed by atoms with E-state index in [2.05, 4.69) is 58.5 Å². The van der Waals surface area contributed by atoms with Gasteiger partial charge in [0.05, 0.1) is 2.88 Å². The molecular weight excluding hydrogens is 299 g/mol. The molecule has 0 aliphatic carbocycles. The monoisotopic (exact) mass is 308 g/mol. The molecule has 0 aromatic carbocycles. The maximum atomic E-state index is 2.29. The standard InChI is InChI=1S/C5H6S.C4H3IS/c1-5-3-2-4-6-5;5-4-2-1-3-6-4/h2-4H,1H3;1-3H. The quantitative estimate of drug-likeness (QED) is 0.632. The third kappa shape index (κ3) is 4.23. The highest BCUT2D eigenvalue weighted by Crippen LogP contribution is 2.09. The van der Waals surface area contributed by atoms with E-state index in [1.165, 1.54) is 7.76 Å². The van der Waals surface area contributed by atoms with Gasteiger partial charge in [-0.1, -0.05) is 12.1 Å². The molecule has 0 bridgehead atoms. The van der Waals surface area contributed by atoms with Crippen molar-refractivity contribution in [3.63, 3.8) is 0 Å². The van der Waals surface area contributed by atoms with E-state index in [1.807, 2.05) is 6.07 Å². The molecule has 64 valence electrons. The second-order valence-electron chi connectivity index (χ2n) is 2.14. The molecule has 0 radical (unpaired) electrons. The molecule has 3 heteroatoms. The summed E-state index contributed by atoms with van der Waals surface area (Å²) in [4.78, 5) is 1.38. The van der Waals surface area contributed by atoms with Gasteiger partial charge in [0.1, 0.15) is 0 Å². The second kappa shape index (κ2) is 5.72. The van der Waals surface area contributed by atoms with Gasteiger partial charge in [-0.25, -0.2) is 0 Å². The van der Waals surface area contributed by atoms with Gasteiger partial charge in [-0.2, -0.15) is 0 Å². The summed E-state index contributed by atoms with van der Waals surface area (Å²) in [6.07, 6.45) is 0. The van der Waals surface area contributed by atoms with Gasteiger partial charge in [0, 0.05) is 4.88 Å². The summed E-state index contributed by atoms with van der Waals surface area (Å²) < 4.78 is 1.35. The number of hydrogen-bond donors (Lipinski definition) is 0. The first-order chi connectivity index (χ1) is 5.79. The van der Waals surface area contributed by atoms with Gasteiger partial charge in [0.15, 0.2) is 0 Å². The van der Waals surface area contributed by atoms with Crippen LogP contribution in [0.4, 0.5) is 0 Å². The normalized spacial score (nSPS) is 8.83. The van der Waals surface area contributed by atoms with Crippen molar-refractivity contribution in [3.05, 3.63) is 42.8 Å². The molecule has 0 saturated heterocycles. The smallest absolute Gasteiger partial charge is 0.0653 e. The van der Waals surface area contributed by atoms with E-state index in [-0.39, 0.29) is 0 Å². The molecule has 2 rings (SSSR count). The molecule has 0 amide bonds. The van der Waals surface area contributed by atoms with Crippen LogP contribution in [-0.4, -0.2) is 0 Å². The van der Waals surface area contributed by atoms with Gasteiger partial charge in [0.2, 0.25) is 0 Å². The maximum Gasteiger partial charge on any atom is 0.0653 e. The molecule has 0 aliphatic heterocycles. The minimum Gasteiger partial charge on any atom is -0.149 e. The molecule has 2 aromatic heterocycles. The minimum atomic E-state index is 1.35. The minimum absolute atomic E-state index is 1.35. The van der Waals surface area contributed by atoms with Crippen molar-refractivity contribution >= 4 is 45.3 Å². The van der Waals surface area contributed by atoms with Crippen molar-refractivity contribution < 1.29 is 0 Å². The average molecular weight is 308 g/mol.